The number of hydrogen-bond acceptors (Lipinski definition) is 4. The van der Waals surface area contributed by atoms with Gasteiger partial charge in [0.05, 0.1) is 13.7 Å². The molecule has 108 valence electrons. The van der Waals surface area contributed by atoms with Gasteiger partial charge in [-0.05, 0) is 43.5 Å². The van der Waals surface area contributed by atoms with Crippen LogP contribution >= 0.6 is 0 Å². The molecule has 0 aliphatic rings. The van der Waals surface area contributed by atoms with E-state index in [-0.39, 0.29) is 6.61 Å². The SMILES string of the molecule is CCCNCc1ccc(OCCCCO)c(OC)c1. The molecule has 0 radical (unpaired) electrons. The first-order valence-electron chi connectivity index (χ1n) is 6.93. The van der Waals surface area contributed by atoms with Crippen LogP contribution in [0, 0.1) is 0 Å². The van der Waals surface area contributed by atoms with Gasteiger partial charge >= 0.3 is 0 Å². The predicted octanol–water partition coefficient (Wildman–Crippen LogP) is 2.35. The zero-order valence-electron chi connectivity index (χ0n) is 11.9. The van der Waals surface area contributed by atoms with Crippen LogP contribution < -0.4 is 14.8 Å². The minimum Gasteiger partial charge on any atom is -0.493 e. The third-order valence-electron chi connectivity index (χ3n) is 2.79. The number of hydrogen-bond donors (Lipinski definition) is 2. The molecule has 0 saturated carbocycles. The summed E-state index contributed by atoms with van der Waals surface area (Å²) in [4.78, 5) is 0. The number of ether oxygens (including phenoxy) is 2. The summed E-state index contributed by atoms with van der Waals surface area (Å²) in [5.74, 6) is 1.53. The maximum Gasteiger partial charge on any atom is 0.161 e. The lowest BCUT2D eigenvalue weighted by Crippen LogP contribution is -2.13. The average Bonchev–Trinajstić information content (AvgIpc) is 2.44. The molecule has 0 heterocycles. The smallest absolute Gasteiger partial charge is 0.161 e. The summed E-state index contributed by atoms with van der Waals surface area (Å²) < 4.78 is 11.0. The number of aliphatic hydroxyl groups excluding tert-OH is 1. The molecule has 1 aromatic carbocycles. The van der Waals surface area contributed by atoms with E-state index in [0.29, 0.717) is 6.61 Å². The summed E-state index contributed by atoms with van der Waals surface area (Å²) in [6, 6.07) is 6.00. The summed E-state index contributed by atoms with van der Waals surface area (Å²) in [7, 11) is 1.65. The van der Waals surface area contributed by atoms with Crippen LogP contribution in [0.2, 0.25) is 0 Å². The van der Waals surface area contributed by atoms with E-state index in [1.165, 1.54) is 5.56 Å². The van der Waals surface area contributed by atoms with Gasteiger partial charge in [0.25, 0.3) is 0 Å². The van der Waals surface area contributed by atoms with Crippen molar-refractivity contribution in [2.75, 3.05) is 26.9 Å². The van der Waals surface area contributed by atoms with Crippen molar-refractivity contribution >= 4 is 0 Å². The molecule has 0 bridgehead atoms. The van der Waals surface area contributed by atoms with E-state index in [1.807, 2.05) is 18.2 Å². The molecule has 1 rings (SSSR count). The Bertz CT molecular complexity index is 355. The first kappa shape index (κ1) is 15.8. The molecule has 0 fully saturated rings. The average molecular weight is 267 g/mol. The Morgan fingerprint density at radius 2 is 2.05 bits per heavy atom. The summed E-state index contributed by atoms with van der Waals surface area (Å²) in [5.41, 5.74) is 1.19. The summed E-state index contributed by atoms with van der Waals surface area (Å²) in [6.45, 7) is 4.82. The van der Waals surface area contributed by atoms with E-state index in [9.17, 15) is 0 Å². The Labute approximate surface area is 115 Å². The van der Waals surface area contributed by atoms with Gasteiger partial charge in [0.15, 0.2) is 11.5 Å². The molecule has 0 atom stereocenters. The second-order valence-corrected chi connectivity index (χ2v) is 4.44. The number of rotatable bonds is 10. The summed E-state index contributed by atoms with van der Waals surface area (Å²) >= 11 is 0. The maximum atomic E-state index is 8.72. The Balaban J connectivity index is 2.52. The fraction of sp³-hybridized carbons (Fsp3) is 0.600. The lowest BCUT2D eigenvalue weighted by molar-refractivity contribution is 0.247. The van der Waals surface area contributed by atoms with Crippen molar-refractivity contribution in [3.8, 4) is 11.5 Å². The number of nitrogens with one attached hydrogen (secondary N) is 1. The topological polar surface area (TPSA) is 50.7 Å². The van der Waals surface area contributed by atoms with Crippen molar-refractivity contribution < 1.29 is 14.6 Å². The quantitative estimate of drug-likeness (QED) is 0.639. The van der Waals surface area contributed by atoms with E-state index in [1.54, 1.807) is 7.11 Å². The molecule has 19 heavy (non-hydrogen) atoms. The van der Waals surface area contributed by atoms with Crippen LogP contribution in [0.3, 0.4) is 0 Å². The third-order valence-corrected chi connectivity index (χ3v) is 2.79. The standard InChI is InChI=1S/C15H25NO3/c1-3-8-16-12-13-6-7-14(15(11-13)18-2)19-10-5-4-9-17/h6-7,11,16-17H,3-5,8-10,12H2,1-2H3. The fourth-order valence-corrected chi connectivity index (χ4v) is 1.75. The molecule has 0 aromatic heterocycles. The lowest BCUT2D eigenvalue weighted by atomic mass is 10.2. The van der Waals surface area contributed by atoms with Gasteiger partial charge in [-0.15, -0.1) is 0 Å². The van der Waals surface area contributed by atoms with Crippen molar-refractivity contribution in [1.82, 2.24) is 5.32 Å². The number of benzene rings is 1. The molecule has 2 N–H and O–H groups in total. The minimum atomic E-state index is 0.211. The largest absolute Gasteiger partial charge is 0.493 e. The van der Waals surface area contributed by atoms with Crippen LogP contribution in [0.25, 0.3) is 0 Å². The molecule has 0 unspecified atom stereocenters. The first-order chi connectivity index (χ1) is 9.31. The van der Waals surface area contributed by atoms with Crippen LogP contribution in [0.15, 0.2) is 18.2 Å². The highest BCUT2D eigenvalue weighted by molar-refractivity contribution is 5.42. The van der Waals surface area contributed by atoms with Crippen molar-refractivity contribution in [1.29, 1.82) is 0 Å². The molecule has 0 aliphatic heterocycles. The summed E-state index contributed by atoms with van der Waals surface area (Å²) in [6.07, 6.45) is 2.74. The summed E-state index contributed by atoms with van der Waals surface area (Å²) in [5, 5.41) is 12.1. The van der Waals surface area contributed by atoms with Gasteiger partial charge in [0.1, 0.15) is 0 Å². The highest BCUT2D eigenvalue weighted by atomic mass is 16.5. The first-order valence-corrected chi connectivity index (χ1v) is 6.93. The van der Waals surface area contributed by atoms with E-state index >= 15 is 0 Å². The van der Waals surface area contributed by atoms with Crippen molar-refractivity contribution in [2.45, 2.75) is 32.7 Å². The van der Waals surface area contributed by atoms with Gasteiger partial charge in [-0.3, -0.25) is 0 Å². The van der Waals surface area contributed by atoms with Crippen molar-refractivity contribution in [2.24, 2.45) is 0 Å². The number of methoxy groups -OCH3 is 1. The Morgan fingerprint density at radius 1 is 1.21 bits per heavy atom. The van der Waals surface area contributed by atoms with Gasteiger partial charge in [0.2, 0.25) is 0 Å². The van der Waals surface area contributed by atoms with Crippen LogP contribution in [-0.2, 0) is 6.54 Å². The molecule has 0 saturated heterocycles. The normalized spacial score (nSPS) is 10.5. The Hall–Kier alpha value is -1.26. The Morgan fingerprint density at radius 3 is 2.74 bits per heavy atom. The van der Waals surface area contributed by atoms with E-state index in [4.69, 9.17) is 14.6 Å². The molecule has 0 aliphatic carbocycles. The van der Waals surface area contributed by atoms with Crippen LogP contribution in [0.4, 0.5) is 0 Å². The molecule has 4 heteroatoms. The second kappa shape index (κ2) is 9.64. The van der Waals surface area contributed by atoms with Crippen molar-refractivity contribution in [3.05, 3.63) is 23.8 Å². The molecule has 0 spiro atoms. The molecular weight excluding hydrogens is 242 g/mol. The lowest BCUT2D eigenvalue weighted by Gasteiger charge is -2.12. The number of unbranched alkanes of at least 4 members (excludes halogenated alkanes) is 1. The van der Waals surface area contributed by atoms with Gasteiger partial charge in [-0.2, -0.15) is 0 Å². The minimum absolute atomic E-state index is 0.211. The highest BCUT2D eigenvalue weighted by Crippen LogP contribution is 2.28. The van der Waals surface area contributed by atoms with Crippen LogP contribution in [0.1, 0.15) is 31.7 Å². The van der Waals surface area contributed by atoms with Gasteiger partial charge in [-0.1, -0.05) is 13.0 Å². The molecule has 4 nitrogen and oxygen atoms in total. The van der Waals surface area contributed by atoms with Gasteiger partial charge in [0, 0.05) is 13.2 Å². The Kier molecular flexibility index (Phi) is 8.02. The van der Waals surface area contributed by atoms with Crippen LogP contribution in [-0.4, -0.2) is 32.0 Å². The van der Waals surface area contributed by atoms with E-state index < -0.39 is 0 Å². The van der Waals surface area contributed by atoms with Crippen LogP contribution in [0.5, 0.6) is 11.5 Å². The monoisotopic (exact) mass is 267 g/mol. The zero-order chi connectivity index (χ0) is 13.9. The maximum absolute atomic E-state index is 8.72. The second-order valence-electron chi connectivity index (χ2n) is 4.44. The van der Waals surface area contributed by atoms with Gasteiger partial charge < -0.3 is 19.9 Å². The van der Waals surface area contributed by atoms with E-state index in [0.717, 1.165) is 43.9 Å². The predicted molar refractivity (Wildman–Crippen MR) is 76.8 cm³/mol. The fourth-order valence-electron chi connectivity index (χ4n) is 1.75. The third kappa shape index (κ3) is 5.94. The highest BCUT2D eigenvalue weighted by Gasteiger charge is 2.05. The van der Waals surface area contributed by atoms with E-state index in [2.05, 4.69) is 12.2 Å². The van der Waals surface area contributed by atoms with Gasteiger partial charge in [-0.25, -0.2) is 0 Å². The number of aliphatic hydroxyl groups is 1. The molecular formula is C15H25NO3. The van der Waals surface area contributed by atoms with Crippen molar-refractivity contribution in [3.63, 3.8) is 0 Å². The molecule has 1 aromatic rings. The zero-order valence-corrected chi connectivity index (χ0v) is 11.9. The molecule has 0 amide bonds.